The SMILES string of the molecule is c1ccc(-n2c3ccccc3c3c2c2ccccc2n3-c2cc(-n3c4ccccc4c4sc5ccccc5c43)nc(-c3nc(-n4c5ccccc5c5sc6ccccc6c54)cc(-n4c5ccccc5c5c4c4ccccc4n5-c4ccccc4)n3)n2)cc1. The van der Waals surface area contributed by atoms with E-state index in [9.17, 15) is 0 Å². The summed E-state index contributed by atoms with van der Waals surface area (Å²) in [4.78, 5) is 23.4. The van der Waals surface area contributed by atoms with Crippen molar-refractivity contribution in [2.75, 3.05) is 0 Å². The molecule has 0 atom stereocenters. The molecule has 20 aromatic rings. The Labute approximate surface area is 508 Å². The van der Waals surface area contributed by atoms with Crippen molar-refractivity contribution in [2.24, 2.45) is 0 Å². The van der Waals surface area contributed by atoms with Crippen molar-refractivity contribution in [3.05, 3.63) is 267 Å². The van der Waals surface area contributed by atoms with E-state index in [1.807, 2.05) is 22.7 Å². The fourth-order valence-corrected chi connectivity index (χ4v) is 16.8. The van der Waals surface area contributed by atoms with Gasteiger partial charge in [0.15, 0.2) is 0 Å². The summed E-state index contributed by atoms with van der Waals surface area (Å²) in [6, 6.07) is 95.5. The maximum absolute atomic E-state index is 5.87. The molecule has 10 heterocycles. The Kier molecular flexibility index (Phi) is 9.82. The third-order valence-electron chi connectivity index (χ3n) is 17.9. The Morgan fingerprint density at radius 3 is 0.818 bits per heavy atom. The number of thiophene rings is 2. The molecule has 0 bridgehead atoms. The molecule has 0 aliphatic heterocycles. The van der Waals surface area contributed by atoms with Crippen LogP contribution in [0.3, 0.4) is 0 Å². The lowest BCUT2D eigenvalue weighted by Gasteiger charge is -2.16. The zero-order chi connectivity index (χ0) is 57.3. The Hall–Kier alpha value is -11.4. The van der Waals surface area contributed by atoms with E-state index >= 15 is 0 Å². The second-order valence-corrected chi connectivity index (χ2v) is 24.7. The monoisotopic (exact) mass is 1160 g/mol. The second kappa shape index (κ2) is 18.0. The first-order valence-corrected chi connectivity index (χ1v) is 31.1. The summed E-state index contributed by atoms with van der Waals surface area (Å²) < 4.78 is 19.0. The van der Waals surface area contributed by atoms with Gasteiger partial charge in [-0.25, -0.2) is 19.9 Å². The highest BCUT2D eigenvalue weighted by molar-refractivity contribution is 7.27. The Morgan fingerprint density at radius 2 is 0.466 bits per heavy atom. The third kappa shape index (κ3) is 6.53. The van der Waals surface area contributed by atoms with E-state index < -0.39 is 0 Å². The third-order valence-corrected chi connectivity index (χ3v) is 20.2. The van der Waals surface area contributed by atoms with Gasteiger partial charge in [-0.1, -0.05) is 182 Å². The van der Waals surface area contributed by atoms with Gasteiger partial charge in [0.2, 0.25) is 11.6 Å². The number of para-hydroxylation sites is 8. The average Bonchev–Trinajstić information content (AvgIpc) is 1.99. The van der Waals surface area contributed by atoms with E-state index in [0.29, 0.717) is 34.9 Å². The molecular weight excluding hydrogens is 1120 g/mol. The summed E-state index contributed by atoms with van der Waals surface area (Å²) in [5.41, 5.74) is 14.9. The van der Waals surface area contributed by atoms with Gasteiger partial charge in [0.05, 0.1) is 75.6 Å². The van der Waals surface area contributed by atoms with Crippen molar-refractivity contribution >= 4 is 151 Å². The van der Waals surface area contributed by atoms with E-state index in [2.05, 4.69) is 294 Å². The molecule has 0 saturated heterocycles. The zero-order valence-corrected chi connectivity index (χ0v) is 48.3. The molecule has 12 heteroatoms. The van der Waals surface area contributed by atoms with Gasteiger partial charge in [-0.15, -0.1) is 22.7 Å². The summed E-state index contributed by atoms with van der Waals surface area (Å²) in [7, 11) is 0. The van der Waals surface area contributed by atoms with Crippen LogP contribution in [0.5, 0.6) is 0 Å². The number of hydrogen-bond donors (Lipinski definition) is 0. The molecule has 0 N–H and O–H groups in total. The van der Waals surface area contributed by atoms with Crippen LogP contribution in [-0.2, 0) is 0 Å². The summed E-state index contributed by atoms with van der Waals surface area (Å²) in [5, 5.41) is 9.03. The largest absolute Gasteiger partial charge is 0.307 e. The van der Waals surface area contributed by atoms with Crippen molar-refractivity contribution in [3.8, 4) is 46.3 Å². The van der Waals surface area contributed by atoms with Crippen LogP contribution in [0.4, 0.5) is 0 Å². The summed E-state index contributed by atoms with van der Waals surface area (Å²) in [6.45, 7) is 0. The number of aromatic nitrogens is 10. The van der Waals surface area contributed by atoms with E-state index in [-0.39, 0.29) is 0 Å². The molecule has 10 nitrogen and oxygen atoms in total. The maximum Gasteiger partial charge on any atom is 0.201 e. The first-order chi connectivity index (χ1) is 43.7. The van der Waals surface area contributed by atoms with Crippen LogP contribution in [0.1, 0.15) is 0 Å². The zero-order valence-electron chi connectivity index (χ0n) is 46.7. The van der Waals surface area contributed by atoms with Gasteiger partial charge in [0, 0.05) is 76.0 Å². The Bertz CT molecular complexity index is 5910. The second-order valence-electron chi connectivity index (χ2n) is 22.5. The number of nitrogens with zero attached hydrogens (tertiary/aromatic N) is 10. The van der Waals surface area contributed by atoms with E-state index in [4.69, 9.17) is 19.9 Å². The van der Waals surface area contributed by atoms with Crippen LogP contribution in [-0.4, -0.2) is 47.3 Å². The molecule has 410 valence electrons. The van der Waals surface area contributed by atoms with Crippen LogP contribution in [0.25, 0.3) is 174 Å². The molecule has 10 aromatic carbocycles. The molecular formula is C76H44N10S2. The lowest BCUT2D eigenvalue weighted by atomic mass is 10.2. The standard InChI is InChI=1S/C76H44N10S2/c1-3-23-45(24-4-1)81-55-35-15-7-27-47(55)69-67(81)49-29-9-17-37-57(49)83(69)63-43-65(85-59-39-19-11-31-51(59)73-71(85)53-33-13-21-41-61(53)87-73)79-75(77-63)76-78-64(44-66(80-76)86-60-40-20-12-32-52(60)74-72(86)54-34-14-22-42-62(54)88-74)84-58-38-18-10-30-50(58)68-70(84)48-28-8-16-36-56(48)82(68)46-25-5-2-6-26-46/h1-44H. The van der Waals surface area contributed by atoms with Crippen LogP contribution < -0.4 is 0 Å². The van der Waals surface area contributed by atoms with Gasteiger partial charge in [0.25, 0.3) is 0 Å². The first-order valence-electron chi connectivity index (χ1n) is 29.5. The van der Waals surface area contributed by atoms with Gasteiger partial charge >= 0.3 is 0 Å². The molecule has 0 saturated carbocycles. The highest BCUT2D eigenvalue weighted by atomic mass is 32.1. The fourth-order valence-electron chi connectivity index (χ4n) is 14.4. The number of rotatable bonds is 7. The number of fused-ring (bicyclic) bond motifs is 20. The minimum Gasteiger partial charge on any atom is -0.307 e. The van der Waals surface area contributed by atoms with Crippen molar-refractivity contribution in [3.63, 3.8) is 0 Å². The van der Waals surface area contributed by atoms with Crippen molar-refractivity contribution in [1.82, 2.24) is 47.3 Å². The van der Waals surface area contributed by atoms with Crippen LogP contribution >= 0.6 is 22.7 Å². The minimum absolute atomic E-state index is 0.376. The van der Waals surface area contributed by atoms with Crippen molar-refractivity contribution in [2.45, 2.75) is 0 Å². The summed E-state index contributed by atoms with van der Waals surface area (Å²) >= 11 is 3.64. The van der Waals surface area contributed by atoms with Gasteiger partial charge < -0.3 is 9.13 Å². The molecule has 0 aliphatic carbocycles. The lowest BCUT2D eigenvalue weighted by Crippen LogP contribution is -2.10. The van der Waals surface area contributed by atoms with Gasteiger partial charge in [0.1, 0.15) is 23.3 Å². The van der Waals surface area contributed by atoms with E-state index in [1.54, 1.807) is 0 Å². The quantitative estimate of drug-likeness (QED) is 0.159. The highest BCUT2D eigenvalue weighted by Gasteiger charge is 2.29. The Balaban J connectivity index is 0.960. The molecule has 10 aromatic heterocycles. The van der Waals surface area contributed by atoms with Gasteiger partial charge in [-0.2, -0.15) is 0 Å². The normalized spacial score (nSPS) is 12.3. The van der Waals surface area contributed by atoms with Gasteiger partial charge in [-0.3, -0.25) is 18.3 Å². The minimum atomic E-state index is 0.376. The van der Waals surface area contributed by atoms with Crippen molar-refractivity contribution < 1.29 is 0 Å². The highest BCUT2D eigenvalue weighted by Crippen LogP contribution is 2.47. The van der Waals surface area contributed by atoms with Crippen LogP contribution in [0, 0.1) is 0 Å². The molecule has 0 spiro atoms. The molecule has 0 radical (unpaired) electrons. The molecule has 0 fully saturated rings. The smallest absolute Gasteiger partial charge is 0.201 e. The molecule has 20 rings (SSSR count). The maximum atomic E-state index is 5.87. The predicted molar refractivity (Wildman–Crippen MR) is 365 cm³/mol. The fraction of sp³-hybridized carbons (Fsp3) is 0. The number of benzene rings is 10. The molecule has 0 aliphatic rings. The molecule has 0 unspecified atom stereocenters. The summed E-state index contributed by atoms with van der Waals surface area (Å²) in [5.74, 6) is 3.50. The molecule has 0 amide bonds. The average molecular weight is 1160 g/mol. The van der Waals surface area contributed by atoms with E-state index in [0.717, 1.165) is 121 Å². The molecule has 88 heavy (non-hydrogen) atoms. The topological polar surface area (TPSA) is 81.1 Å². The van der Waals surface area contributed by atoms with E-state index in [1.165, 1.54) is 18.8 Å². The Morgan fingerprint density at radius 1 is 0.216 bits per heavy atom. The summed E-state index contributed by atoms with van der Waals surface area (Å²) in [6.07, 6.45) is 0. The first kappa shape index (κ1) is 47.9. The number of hydrogen-bond acceptors (Lipinski definition) is 6. The van der Waals surface area contributed by atoms with Gasteiger partial charge in [-0.05, 0) is 72.8 Å². The lowest BCUT2D eigenvalue weighted by molar-refractivity contribution is 0.947. The predicted octanol–water partition coefficient (Wildman–Crippen LogP) is 19.6. The van der Waals surface area contributed by atoms with Crippen molar-refractivity contribution in [1.29, 1.82) is 0 Å². The van der Waals surface area contributed by atoms with Crippen LogP contribution in [0.15, 0.2) is 267 Å². The van der Waals surface area contributed by atoms with Crippen LogP contribution in [0.2, 0.25) is 0 Å².